The SMILES string of the molecule is COC(=O)[C@H](C)Cc1ccc(NC(=O)N[C@@H]2C[C@@H]2C)cc1. The molecule has 0 radical (unpaired) electrons. The van der Waals surface area contributed by atoms with E-state index in [2.05, 4.69) is 17.6 Å². The number of esters is 1. The van der Waals surface area contributed by atoms with Gasteiger partial charge in [-0.15, -0.1) is 0 Å². The average Bonchev–Trinajstić information content (AvgIpc) is 3.15. The molecular weight excluding hydrogens is 268 g/mol. The maximum Gasteiger partial charge on any atom is 0.319 e. The first-order valence-electron chi connectivity index (χ1n) is 7.24. The summed E-state index contributed by atoms with van der Waals surface area (Å²) in [4.78, 5) is 23.1. The predicted octanol–water partition coefficient (Wildman–Crippen LogP) is 2.57. The van der Waals surface area contributed by atoms with Crippen molar-refractivity contribution in [2.45, 2.75) is 32.7 Å². The quantitative estimate of drug-likeness (QED) is 0.819. The molecule has 0 aliphatic heterocycles. The van der Waals surface area contributed by atoms with Gasteiger partial charge in [0.2, 0.25) is 0 Å². The van der Waals surface area contributed by atoms with E-state index in [1.165, 1.54) is 7.11 Å². The molecule has 2 N–H and O–H groups in total. The summed E-state index contributed by atoms with van der Waals surface area (Å²) in [6.45, 7) is 3.95. The van der Waals surface area contributed by atoms with Gasteiger partial charge in [-0.1, -0.05) is 26.0 Å². The number of urea groups is 1. The van der Waals surface area contributed by atoms with Crippen LogP contribution in [0.3, 0.4) is 0 Å². The molecule has 1 aromatic carbocycles. The normalized spacial score (nSPS) is 21.3. The number of nitrogens with one attached hydrogen (secondary N) is 2. The summed E-state index contributed by atoms with van der Waals surface area (Å²) >= 11 is 0. The van der Waals surface area contributed by atoms with Crippen molar-refractivity contribution < 1.29 is 14.3 Å². The first-order valence-corrected chi connectivity index (χ1v) is 7.24. The molecule has 0 unspecified atom stereocenters. The van der Waals surface area contributed by atoms with Crippen molar-refractivity contribution in [1.29, 1.82) is 0 Å². The standard InChI is InChI=1S/C16H22N2O3/c1-10-9-14(10)18-16(20)17-13-6-4-12(5-7-13)8-11(2)15(19)21-3/h4-7,10-11,14H,8-9H2,1-3H3,(H2,17,18,20)/t10-,11+,14+/m0/s1. The maximum absolute atomic E-state index is 11.7. The van der Waals surface area contributed by atoms with Crippen LogP contribution in [0.4, 0.5) is 10.5 Å². The van der Waals surface area contributed by atoms with E-state index in [4.69, 9.17) is 4.74 Å². The molecule has 2 amide bonds. The zero-order chi connectivity index (χ0) is 15.4. The second kappa shape index (κ2) is 6.61. The first kappa shape index (κ1) is 15.4. The van der Waals surface area contributed by atoms with Gasteiger partial charge in [-0.25, -0.2) is 4.79 Å². The molecule has 1 aliphatic rings. The van der Waals surface area contributed by atoms with Crippen molar-refractivity contribution in [2.24, 2.45) is 11.8 Å². The lowest BCUT2D eigenvalue weighted by Gasteiger charge is -2.10. The summed E-state index contributed by atoms with van der Waals surface area (Å²) in [5, 5.41) is 5.72. The number of amides is 2. The molecule has 1 fully saturated rings. The van der Waals surface area contributed by atoms with E-state index in [0.29, 0.717) is 18.4 Å². The van der Waals surface area contributed by atoms with Crippen LogP contribution in [-0.4, -0.2) is 25.2 Å². The highest BCUT2D eigenvalue weighted by Crippen LogP contribution is 2.28. The lowest BCUT2D eigenvalue weighted by molar-refractivity contribution is -0.144. The minimum atomic E-state index is -0.213. The van der Waals surface area contributed by atoms with Gasteiger partial charge in [-0.3, -0.25) is 4.79 Å². The van der Waals surface area contributed by atoms with Crippen LogP contribution in [0.5, 0.6) is 0 Å². The van der Waals surface area contributed by atoms with Crippen LogP contribution in [-0.2, 0) is 16.0 Å². The molecule has 2 rings (SSSR count). The molecule has 3 atom stereocenters. The van der Waals surface area contributed by atoms with Crippen molar-refractivity contribution in [2.75, 3.05) is 12.4 Å². The lowest BCUT2D eigenvalue weighted by atomic mass is 10.0. The lowest BCUT2D eigenvalue weighted by Crippen LogP contribution is -2.31. The molecule has 114 valence electrons. The summed E-state index contributed by atoms with van der Waals surface area (Å²) < 4.78 is 4.71. The van der Waals surface area contributed by atoms with Crippen molar-refractivity contribution in [3.05, 3.63) is 29.8 Å². The van der Waals surface area contributed by atoms with Gasteiger partial charge < -0.3 is 15.4 Å². The first-order chi connectivity index (χ1) is 9.99. The van der Waals surface area contributed by atoms with Crippen LogP contribution in [0.15, 0.2) is 24.3 Å². The van der Waals surface area contributed by atoms with Crippen LogP contribution in [0.1, 0.15) is 25.8 Å². The number of hydrogen-bond donors (Lipinski definition) is 2. The number of methoxy groups -OCH3 is 1. The summed E-state index contributed by atoms with van der Waals surface area (Å²) in [5.41, 5.74) is 1.78. The summed E-state index contributed by atoms with van der Waals surface area (Å²) in [7, 11) is 1.39. The molecule has 5 nitrogen and oxygen atoms in total. The topological polar surface area (TPSA) is 67.4 Å². The van der Waals surface area contributed by atoms with Gasteiger partial charge >= 0.3 is 12.0 Å². The van der Waals surface area contributed by atoms with Crippen LogP contribution in [0, 0.1) is 11.8 Å². The highest BCUT2D eigenvalue weighted by Gasteiger charge is 2.33. The Kier molecular flexibility index (Phi) is 4.83. The number of benzene rings is 1. The Morgan fingerprint density at radius 2 is 1.95 bits per heavy atom. The Bertz CT molecular complexity index is 513. The van der Waals surface area contributed by atoms with Crippen LogP contribution >= 0.6 is 0 Å². The van der Waals surface area contributed by atoms with Crippen molar-refractivity contribution >= 4 is 17.7 Å². The fraction of sp³-hybridized carbons (Fsp3) is 0.500. The second-order valence-electron chi connectivity index (χ2n) is 5.74. The van der Waals surface area contributed by atoms with Gasteiger partial charge in [-0.05, 0) is 36.5 Å². The fourth-order valence-electron chi connectivity index (χ4n) is 2.22. The minimum Gasteiger partial charge on any atom is -0.469 e. The smallest absolute Gasteiger partial charge is 0.319 e. The van der Waals surface area contributed by atoms with E-state index in [9.17, 15) is 9.59 Å². The minimum absolute atomic E-state index is 0.167. The molecular formula is C16H22N2O3. The van der Waals surface area contributed by atoms with Crippen LogP contribution in [0.25, 0.3) is 0 Å². The number of carbonyl (C=O) groups excluding carboxylic acids is 2. The molecule has 1 aliphatic carbocycles. The van der Waals surface area contributed by atoms with E-state index in [0.717, 1.165) is 17.7 Å². The third-order valence-corrected chi connectivity index (χ3v) is 3.78. The van der Waals surface area contributed by atoms with E-state index in [1.807, 2.05) is 31.2 Å². The molecule has 1 saturated carbocycles. The number of ether oxygens (including phenoxy) is 1. The number of carbonyl (C=O) groups is 2. The molecule has 1 aromatic rings. The maximum atomic E-state index is 11.7. The van der Waals surface area contributed by atoms with E-state index < -0.39 is 0 Å². The third-order valence-electron chi connectivity index (χ3n) is 3.78. The molecule has 0 aromatic heterocycles. The highest BCUT2D eigenvalue weighted by molar-refractivity contribution is 5.89. The molecule has 0 spiro atoms. The molecule has 0 saturated heterocycles. The third kappa shape index (κ3) is 4.48. The number of hydrogen-bond acceptors (Lipinski definition) is 3. The summed E-state index contributed by atoms with van der Waals surface area (Å²) in [6, 6.07) is 7.65. The molecule has 5 heteroatoms. The largest absolute Gasteiger partial charge is 0.469 e. The molecule has 21 heavy (non-hydrogen) atoms. The van der Waals surface area contributed by atoms with E-state index in [-0.39, 0.29) is 17.9 Å². The second-order valence-corrected chi connectivity index (χ2v) is 5.74. The summed E-state index contributed by atoms with van der Waals surface area (Å²) in [5.74, 6) is 0.196. The van der Waals surface area contributed by atoms with Gasteiger partial charge in [0.05, 0.1) is 13.0 Å². The van der Waals surface area contributed by atoms with Gasteiger partial charge in [0, 0.05) is 11.7 Å². The van der Waals surface area contributed by atoms with E-state index >= 15 is 0 Å². The molecule has 0 heterocycles. The van der Waals surface area contributed by atoms with Gasteiger partial charge in [-0.2, -0.15) is 0 Å². The Hall–Kier alpha value is -2.04. The molecule has 0 bridgehead atoms. The van der Waals surface area contributed by atoms with E-state index in [1.54, 1.807) is 0 Å². The zero-order valence-corrected chi connectivity index (χ0v) is 12.7. The van der Waals surface area contributed by atoms with Crippen LogP contribution in [0.2, 0.25) is 0 Å². The van der Waals surface area contributed by atoms with Gasteiger partial charge in [0.15, 0.2) is 0 Å². The predicted molar refractivity (Wildman–Crippen MR) is 81.0 cm³/mol. The van der Waals surface area contributed by atoms with Crippen molar-refractivity contribution in [1.82, 2.24) is 5.32 Å². The average molecular weight is 290 g/mol. The fourth-order valence-corrected chi connectivity index (χ4v) is 2.22. The highest BCUT2D eigenvalue weighted by atomic mass is 16.5. The van der Waals surface area contributed by atoms with Crippen molar-refractivity contribution in [3.8, 4) is 0 Å². The van der Waals surface area contributed by atoms with Gasteiger partial charge in [0.25, 0.3) is 0 Å². The number of anilines is 1. The zero-order valence-electron chi connectivity index (χ0n) is 12.7. The monoisotopic (exact) mass is 290 g/mol. The van der Waals surface area contributed by atoms with Gasteiger partial charge in [0.1, 0.15) is 0 Å². The summed E-state index contributed by atoms with van der Waals surface area (Å²) in [6.07, 6.45) is 1.68. The van der Waals surface area contributed by atoms with Crippen molar-refractivity contribution in [3.63, 3.8) is 0 Å². The Balaban J connectivity index is 1.83. The van der Waals surface area contributed by atoms with Crippen LogP contribution < -0.4 is 10.6 Å². The number of rotatable bonds is 5. The Morgan fingerprint density at radius 1 is 1.33 bits per heavy atom. The Morgan fingerprint density at radius 3 is 2.48 bits per heavy atom. The Labute approximate surface area is 125 Å².